The van der Waals surface area contributed by atoms with Crippen LogP contribution in [-0.4, -0.2) is 59.4 Å². The maximum Gasteiger partial charge on any atom is 0.277 e. The molecular formula is C24H30N4O5. The predicted octanol–water partition coefficient (Wildman–Crippen LogP) is 2.59. The lowest BCUT2D eigenvalue weighted by atomic mass is 10.1. The number of carbonyl (C=O) groups excluding carboxylic acids is 1. The molecule has 1 amide bonds. The number of nitrogens with zero attached hydrogens (tertiary/aromatic N) is 4. The Balaban J connectivity index is 1.74. The number of likely N-dealkylation sites (tertiary alicyclic amines) is 1. The molecule has 1 fully saturated rings. The standard InChI is InChI=1S/C24H30N4O5/c1-15-17(8-9-22(29)27-10-6-7-11-27)24(30)28-21(26(15)2)14-18(25-28)16-12-19(31-3)23(33-5)20(13-16)32-4/h12-14H,6-11H2,1-5H3. The number of fused-ring (bicyclic) bond motifs is 1. The predicted molar refractivity (Wildman–Crippen MR) is 124 cm³/mol. The Labute approximate surface area is 192 Å². The van der Waals surface area contributed by atoms with Gasteiger partial charge in [0.15, 0.2) is 11.5 Å². The highest BCUT2D eigenvalue weighted by Gasteiger charge is 2.21. The van der Waals surface area contributed by atoms with Crippen molar-refractivity contribution in [3.63, 3.8) is 0 Å². The van der Waals surface area contributed by atoms with E-state index in [0.29, 0.717) is 47.0 Å². The Morgan fingerprint density at radius 3 is 2.24 bits per heavy atom. The van der Waals surface area contributed by atoms with Crippen molar-refractivity contribution < 1.29 is 19.0 Å². The van der Waals surface area contributed by atoms with Crippen LogP contribution >= 0.6 is 0 Å². The fraction of sp³-hybridized carbons (Fsp3) is 0.458. The van der Waals surface area contributed by atoms with E-state index in [1.54, 1.807) is 33.5 Å². The second-order valence-electron chi connectivity index (χ2n) is 8.23. The number of benzene rings is 1. The molecule has 0 unspecified atom stereocenters. The van der Waals surface area contributed by atoms with Crippen molar-refractivity contribution in [2.75, 3.05) is 34.4 Å². The molecule has 4 rings (SSSR count). The summed E-state index contributed by atoms with van der Waals surface area (Å²) in [5, 5.41) is 4.59. The monoisotopic (exact) mass is 454 g/mol. The SMILES string of the molecule is COc1cc(-c2cc3n(C)c(C)c(CCC(=O)N4CCCC4)c(=O)n3n2)cc(OC)c1OC. The second kappa shape index (κ2) is 9.17. The van der Waals surface area contributed by atoms with Crippen LogP contribution in [-0.2, 0) is 18.3 Å². The molecule has 1 aliphatic heterocycles. The molecule has 2 aromatic heterocycles. The largest absolute Gasteiger partial charge is 0.493 e. The molecule has 1 aromatic carbocycles. The number of aryl methyl sites for hydroxylation is 1. The molecule has 3 aromatic rings. The van der Waals surface area contributed by atoms with E-state index in [-0.39, 0.29) is 11.5 Å². The lowest BCUT2D eigenvalue weighted by Crippen LogP contribution is -2.30. The van der Waals surface area contributed by atoms with Crippen molar-refractivity contribution in [3.05, 3.63) is 39.8 Å². The summed E-state index contributed by atoms with van der Waals surface area (Å²) in [6.45, 7) is 3.53. The molecular weight excluding hydrogens is 424 g/mol. The number of ether oxygens (including phenoxy) is 3. The summed E-state index contributed by atoms with van der Waals surface area (Å²) in [4.78, 5) is 27.7. The molecule has 33 heavy (non-hydrogen) atoms. The van der Waals surface area contributed by atoms with Crippen molar-refractivity contribution in [1.82, 2.24) is 19.1 Å². The van der Waals surface area contributed by atoms with Gasteiger partial charge in [0, 0.05) is 49.4 Å². The number of carbonyl (C=O) groups is 1. The van der Waals surface area contributed by atoms with Crippen LogP contribution in [0.4, 0.5) is 0 Å². The maximum absolute atomic E-state index is 13.3. The van der Waals surface area contributed by atoms with E-state index in [2.05, 4.69) is 5.10 Å². The Morgan fingerprint density at radius 1 is 1.03 bits per heavy atom. The summed E-state index contributed by atoms with van der Waals surface area (Å²) in [5.41, 5.74) is 3.24. The molecule has 9 nitrogen and oxygen atoms in total. The van der Waals surface area contributed by atoms with E-state index in [1.807, 2.05) is 29.5 Å². The molecule has 0 radical (unpaired) electrons. The van der Waals surface area contributed by atoms with Gasteiger partial charge in [0.05, 0.1) is 27.0 Å². The van der Waals surface area contributed by atoms with Gasteiger partial charge in [-0.3, -0.25) is 9.59 Å². The van der Waals surface area contributed by atoms with Crippen LogP contribution < -0.4 is 19.8 Å². The van der Waals surface area contributed by atoms with E-state index in [1.165, 1.54) is 4.52 Å². The Kier molecular flexibility index (Phi) is 6.31. The highest BCUT2D eigenvalue weighted by molar-refractivity contribution is 5.76. The van der Waals surface area contributed by atoms with Gasteiger partial charge in [0.2, 0.25) is 11.7 Å². The van der Waals surface area contributed by atoms with Crippen LogP contribution in [0, 0.1) is 6.92 Å². The molecule has 3 heterocycles. The highest BCUT2D eigenvalue weighted by atomic mass is 16.5. The average molecular weight is 455 g/mol. The lowest BCUT2D eigenvalue weighted by molar-refractivity contribution is -0.130. The number of rotatable bonds is 7. The molecule has 0 N–H and O–H groups in total. The normalized spacial score (nSPS) is 13.5. The van der Waals surface area contributed by atoms with Gasteiger partial charge in [-0.15, -0.1) is 0 Å². The van der Waals surface area contributed by atoms with Crippen LogP contribution in [0.5, 0.6) is 17.2 Å². The van der Waals surface area contributed by atoms with E-state index in [9.17, 15) is 9.59 Å². The number of methoxy groups -OCH3 is 3. The van der Waals surface area contributed by atoms with Crippen molar-refractivity contribution in [1.29, 1.82) is 0 Å². The van der Waals surface area contributed by atoms with Crippen molar-refractivity contribution in [2.45, 2.75) is 32.6 Å². The van der Waals surface area contributed by atoms with Gasteiger partial charge in [0.25, 0.3) is 5.56 Å². The molecule has 9 heteroatoms. The number of hydrogen-bond donors (Lipinski definition) is 0. The molecule has 1 aliphatic rings. The van der Waals surface area contributed by atoms with Gasteiger partial charge < -0.3 is 23.7 Å². The third-order valence-corrected chi connectivity index (χ3v) is 6.43. The number of hydrogen-bond acceptors (Lipinski definition) is 6. The van der Waals surface area contributed by atoms with Crippen molar-refractivity contribution >= 4 is 11.6 Å². The molecule has 0 aliphatic carbocycles. The maximum atomic E-state index is 13.3. The fourth-order valence-corrected chi connectivity index (χ4v) is 4.43. The summed E-state index contributed by atoms with van der Waals surface area (Å²) in [5.74, 6) is 1.61. The first kappa shape index (κ1) is 22.7. The molecule has 0 saturated carbocycles. The molecule has 1 saturated heterocycles. The van der Waals surface area contributed by atoms with Crippen molar-refractivity contribution in [3.8, 4) is 28.5 Å². The summed E-state index contributed by atoms with van der Waals surface area (Å²) in [7, 11) is 6.56. The molecule has 0 atom stereocenters. The molecule has 0 bridgehead atoms. The van der Waals surface area contributed by atoms with Crippen LogP contribution in [0.25, 0.3) is 16.9 Å². The first-order valence-corrected chi connectivity index (χ1v) is 11.1. The topological polar surface area (TPSA) is 87.3 Å². The van der Waals surface area contributed by atoms with Crippen LogP contribution in [0.1, 0.15) is 30.5 Å². The van der Waals surface area contributed by atoms with E-state index >= 15 is 0 Å². The van der Waals surface area contributed by atoms with Gasteiger partial charge in [-0.25, -0.2) is 0 Å². The third kappa shape index (κ3) is 4.03. The minimum absolute atomic E-state index is 0.104. The molecule has 0 spiro atoms. The van der Waals surface area contributed by atoms with Gasteiger partial charge in [-0.2, -0.15) is 9.61 Å². The summed E-state index contributed by atoms with van der Waals surface area (Å²) in [6.07, 6.45) is 2.82. The number of aromatic nitrogens is 3. The zero-order chi connectivity index (χ0) is 23.7. The third-order valence-electron chi connectivity index (χ3n) is 6.43. The van der Waals surface area contributed by atoms with Gasteiger partial charge in [-0.1, -0.05) is 0 Å². The zero-order valence-electron chi connectivity index (χ0n) is 19.8. The Bertz CT molecular complexity index is 1230. The van der Waals surface area contributed by atoms with E-state index in [0.717, 1.165) is 37.2 Å². The molecule has 176 valence electrons. The van der Waals surface area contributed by atoms with Gasteiger partial charge in [-0.05, 0) is 38.3 Å². The minimum Gasteiger partial charge on any atom is -0.493 e. The Morgan fingerprint density at radius 2 is 1.67 bits per heavy atom. The second-order valence-corrected chi connectivity index (χ2v) is 8.23. The zero-order valence-corrected chi connectivity index (χ0v) is 19.8. The summed E-state index contributed by atoms with van der Waals surface area (Å²) in [6, 6.07) is 5.46. The lowest BCUT2D eigenvalue weighted by Gasteiger charge is -2.16. The van der Waals surface area contributed by atoms with Crippen LogP contribution in [0.15, 0.2) is 23.0 Å². The average Bonchev–Trinajstić information content (AvgIpc) is 3.52. The van der Waals surface area contributed by atoms with Gasteiger partial charge >= 0.3 is 0 Å². The Hall–Kier alpha value is -3.49. The van der Waals surface area contributed by atoms with E-state index < -0.39 is 0 Å². The number of amides is 1. The van der Waals surface area contributed by atoms with Crippen molar-refractivity contribution in [2.24, 2.45) is 7.05 Å². The smallest absolute Gasteiger partial charge is 0.277 e. The quantitative estimate of drug-likeness (QED) is 0.545. The van der Waals surface area contributed by atoms with Crippen LogP contribution in [0.3, 0.4) is 0 Å². The minimum atomic E-state index is -0.200. The summed E-state index contributed by atoms with van der Waals surface area (Å²) >= 11 is 0. The van der Waals surface area contributed by atoms with E-state index in [4.69, 9.17) is 14.2 Å². The van der Waals surface area contributed by atoms with Gasteiger partial charge in [0.1, 0.15) is 5.65 Å². The van der Waals surface area contributed by atoms with Crippen LogP contribution in [0.2, 0.25) is 0 Å². The summed E-state index contributed by atoms with van der Waals surface area (Å²) < 4.78 is 19.6. The highest BCUT2D eigenvalue weighted by Crippen LogP contribution is 2.41. The first-order chi connectivity index (χ1) is 15.9. The fourth-order valence-electron chi connectivity index (χ4n) is 4.43. The first-order valence-electron chi connectivity index (χ1n) is 11.1.